The van der Waals surface area contributed by atoms with E-state index < -0.39 is 16.0 Å². The van der Waals surface area contributed by atoms with Crippen molar-refractivity contribution in [3.05, 3.63) is 65.8 Å². The molecule has 2 heterocycles. The van der Waals surface area contributed by atoms with Crippen LogP contribution in [0.3, 0.4) is 0 Å². The van der Waals surface area contributed by atoms with Crippen molar-refractivity contribution in [2.45, 2.75) is 30.8 Å². The molecule has 1 aliphatic rings. The summed E-state index contributed by atoms with van der Waals surface area (Å²) in [6.07, 6.45) is 2.66. The molecule has 162 valence electrons. The summed E-state index contributed by atoms with van der Waals surface area (Å²) in [6.45, 7) is 0.672. The minimum atomic E-state index is -3.66. The molecule has 0 bridgehead atoms. The molecule has 2 aromatic carbocycles. The maximum atomic E-state index is 13.0. The van der Waals surface area contributed by atoms with Crippen LogP contribution in [0.4, 0.5) is 4.39 Å². The Morgan fingerprint density at radius 3 is 2.58 bits per heavy atom. The Morgan fingerprint density at radius 2 is 1.84 bits per heavy atom. The van der Waals surface area contributed by atoms with Gasteiger partial charge in [0.15, 0.2) is 6.61 Å². The third-order valence-electron chi connectivity index (χ3n) is 4.92. The number of benzene rings is 2. The molecule has 0 spiro atoms. The molecular weight excluding hydrogens is 425 g/mol. The zero-order chi connectivity index (χ0) is 21.8. The van der Waals surface area contributed by atoms with Crippen molar-refractivity contribution in [2.24, 2.45) is 0 Å². The minimum absolute atomic E-state index is 0.0558. The lowest BCUT2D eigenvalue weighted by Crippen LogP contribution is -2.35. The molecule has 1 aromatic heterocycles. The highest BCUT2D eigenvalue weighted by Crippen LogP contribution is 2.22. The third kappa shape index (κ3) is 4.80. The molecular formula is C21H20FN3O5S. The summed E-state index contributed by atoms with van der Waals surface area (Å²) in [6, 6.07) is 11.3. The van der Waals surface area contributed by atoms with Crippen LogP contribution < -0.4 is 0 Å². The van der Waals surface area contributed by atoms with Crippen LogP contribution in [0.2, 0.25) is 0 Å². The number of hydrogen-bond donors (Lipinski definition) is 0. The second-order valence-corrected chi connectivity index (χ2v) is 9.03. The standard InChI is InChI=1S/C21H20FN3O5S/c22-17-9-7-15(8-10-17)20-23-19(30-24-20)14-29-21(26)16-5-4-6-18(13-16)31(27,28)25-11-2-1-3-12-25/h4-10,13H,1-3,11-12,14H2. The Balaban J connectivity index is 1.42. The fourth-order valence-corrected chi connectivity index (χ4v) is 4.84. The number of esters is 1. The van der Waals surface area contributed by atoms with Crippen molar-refractivity contribution >= 4 is 16.0 Å². The first-order valence-electron chi connectivity index (χ1n) is 9.79. The Hall–Kier alpha value is -3.11. The highest BCUT2D eigenvalue weighted by Gasteiger charge is 2.26. The van der Waals surface area contributed by atoms with Crippen LogP contribution in [0.5, 0.6) is 0 Å². The molecule has 1 aliphatic heterocycles. The van der Waals surface area contributed by atoms with Gasteiger partial charge in [0.2, 0.25) is 15.8 Å². The Labute approximate surface area is 178 Å². The molecule has 0 atom stereocenters. The van der Waals surface area contributed by atoms with Crippen LogP contribution in [0, 0.1) is 5.82 Å². The zero-order valence-corrected chi connectivity index (χ0v) is 17.3. The molecule has 1 saturated heterocycles. The van der Waals surface area contributed by atoms with Crippen molar-refractivity contribution in [3.63, 3.8) is 0 Å². The van der Waals surface area contributed by atoms with Gasteiger partial charge in [0, 0.05) is 18.7 Å². The lowest BCUT2D eigenvalue weighted by atomic mass is 10.2. The fourth-order valence-electron chi connectivity index (χ4n) is 3.28. The van der Waals surface area contributed by atoms with Gasteiger partial charge < -0.3 is 9.26 Å². The summed E-state index contributed by atoms with van der Waals surface area (Å²) in [4.78, 5) is 16.6. The van der Waals surface area contributed by atoms with Crippen LogP contribution in [0.15, 0.2) is 57.9 Å². The van der Waals surface area contributed by atoms with Gasteiger partial charge in [0.25, 0.3) is 5.89 Å². The van der Waals surface area contributed by atoms with E-state index in [4.69, 9.17) is 9.26 Å². The van der Waals surface area contributed by atoms with E-state index in [1.165, 1.54) is 52.8 Å². The monoisotopic (exact) mass is 445 g/mol. The van der Waals surface area contributed by atoms with E-state index in [0.29, 0.717) is 18.7 Å². The van der Waals surface area contributed by atoms with Crippen LogP contribution in [0.1, 0.15) is 35.5 Å². The van der Waals surface area contributed by atoms with Gasteiger partial charge in [-0.25, -0.2) is 17.6 Å². The van der Waals surface area contributed by atoms with E-state index in [-0.39, 0.29) is 34.6 Å². The molecule has 8 nitrogen and oxygen atoms in total. The second kappa shape index (κ2) is 8.94. The van der Waals surface area contributed by atoms with Gasteiger partial charge in [-0.1, -0.05) is 17.6 Å². The lowest BCUT2D eigenvalue weighted by Gasteiger charge is -2.25. The normalized spacial score (nSPS) is 15.0. The van der Waals surface area contributed by atoms with Gasteiger partial charge in [-0.2, -0.15) is 9.29 Å². The topological polar surface area (TPSA) is 103 Å². The summed E-state index contributed by atoms with van der Waals surface area (Å²) in [5.74, 6) is -0.798. The largest absolute Gasteiger partial charge is 0.452 e. The first-order valence-corrected chi connectivity index (χ1v) is 11.2. The Bertz CT molecular complexity index is 1170. The van der Waals surface area contributed by atoms with E-state index in [9.17, 15) is 17.6 Å². The smallest absolute Gasteiger partial charge is 0.338 e. The number of hydrogen-bond acceptors (Lipinski definition) is 7. The first kappa shape index (κ1) is 21.1. The van der Waals surface area contributed by atoms with Crippen LogP contribution >= 0.6 is 0 Å². The van der Waals surface area contributed by atoms with E-state index >= 15 is 0 Å². The third-order valence-corrected chi connectivity index (χ3v) is 6.81. The van der Waals surface area contributed by atoms with Gasteiger partial charge in [0.1, 0.15) is 5.82 Å². The number of carbonyl (C=O) groups excluding carboxylic acids is 1. The van der Waals surface area contributed by atoms with Crippen molar-refractivity contribution in [1.29, 1.82) is 0 Å². The molecule has 0 aliphatic carbocycles. The molecule has 31 heavy (non-hydrogen) atoms. The van der Waals surface area contributed by atoms with Crippen molar-refractivity contribution in [2.75, 3.05) is 13.1 Å². The molecule has 4 rings (SSSR count). The van der Waals surface area contributed by atoms with Gasteiger partial charge in [-0.15, -0.1) is 0 Å². The summed E-state index contributed by atoms with van der Waals surface area (Å²) < 4.78 is 50.3. The number of nitrogens with zero attached hydrogens (tertiary/aromatic N) is 3. The summed E-state index contributed by atoms with van der Waals surface area (Å²) >= 11 is 0. The maximum Gasteiger partial charge on any atom is 0.338 e. The average Bonchev–Trinajstić information content (AvgIpc) is 3.27. The summed E-state index contributed by atoms with van der Waals surface area (Å²) in [5, 5.41) is 3.78. The maximum absolute atomic E-state index is 13.0. The van der Waals surface area contributed by atoms with E-state index in [1.807, 2.05) is 0 Å². The summed E-state index contributed by atoms with van der Waals surface area (Å²) in [5.41, 5.74) is 0.662. The highest BCUT2D eigenvalue weighted by atomic mass is 32.2. The summed E-state index contributed by atoms with van der Waals surface area (Å²) in [7, 11) is -3.66. The molecule has 0 unspecified atom stereocenters. The Morgan fingerprint density at radius 1 is 1.10 bits per heavy atom. The van der Waals surface area contributed by atoms with E-state index in [1.54, 1.807) is 0 Å². The number of sulfonamides is 1. The van der Waals surface area contributed by atoms with Crippen molar-refractivity contribution < 1.29 is 26.9 Å². The number of carbonyl (C=O) groups is 1. The van der Waals surface area contributed by atoms with Crippen LogP contribution in [-0.2, 0) is 21.4 Å². The number of piperidine rings is 1. The molecule has 10 heteroatoms. The van der Waals surface area contributed by atoms with Crippen LogP contribution in [-0.4, -0.2) is 41.9 Å². The minimum Gasteiger partial charge on any atom is -0.452 e. The fraction of sp³-hybridized carbons (Fsp3) is 0.286. The van der Waals surface area contributed by atoms with Gasteiger partial charge in [0.05, 0.1) is 10.5 Å². The number of ether oxygens (including phenoxy) is 1. The molecule has 0 N–H and O–H groups in total. The Kier molecular flexibility index (Phi) is 6.10. The molecule has 1 fully saturated rings. The molecule has 3 aromatic rings. The molecule has 0 radical (unpaired) electrons. The van der Waals surface area contributed by atoms with Gasteiger partial charge in [-0.05, 0) is 55.3 Å². The number of rotatable bonds is 6. The van der Waals surface area contributed by atoms with Crippen LogP contribution in [0.25, 0.3) is 11.4 Å². The van der Waals surface area contributed by atoms with Crippen molar-refractivity contribution in [1.82, 2.24) is 14.4 Å². The number of aromatic nitrogens is 2. The average molecular weight is 445 g/mol. The van der Waals surface area contributed by atoms with Gasteiger partial charge >= 0.3 is 5.97 Å². The lowest BCUT2D eigenvalue weighted by molar-refractivity contribution is 0.0429. The van der Waals surface area contributed by atoms with E-state index in [0.717, 1.165) is 19.3 Å². The van der Waals surface area contributed by atoms with Crippen molar-refractivity contribution in [3.8, 4) is 11.4 Å². The predicted octanol–water partition coefficient (Wildman–Crippen LogP) is 3.41. The SMILES string of the molecule is O=C(OCc1nc(-c2ccc(F)cc2)no1)c1cccc(S(=O)(=O)N2CCCCC2)c1. The first-order chi connectivity index (χ1) is 14.9. The highest BCUT2D eigenvalue weighted by molar-refractivity contribution is 7.89. The quantitative estimate of drug-likeness (QED) is 0.536. The second-order valence-electron chi connectivity index (χ2n) is 7.09. The molecule has 0 saturated carbocycles. The number of halogens is 1. The van der Waals surface area contributed by atoms with Gasteiger partial charge in [-0.3, -0.25) is 0 Å². The molecule has 0 amide bonds. The predicted molar refractivity (Wildman–Crippen MR) is 108 cm³/mol. The van der Waals surface area contributed by atoms with E-state index in [2.05, 4.69) is 10.1 Å². The zero-order valence-electron chi connectivity index (χ0n) is 16.5.